The molecule has 0 N–H and O–H groups in total. The second-order valence-corrected chi connectivity index (χ2v) is 8.58. The number of esters is 1. The summed E-state index contributed by atoms with van der Waals surface area (Å²) in [7, 11) is 0. The molecule has 178 valence electrons. The third-order valence-electron chi connectivity index (χ3n) is 5.54. The first-order chi connectivity index (χ1) is 15.3. The highest BCUT2D eigenvalue weighted by atomic mass is 19.4. The zero-order chi connectivity index (χ0) is 23.4. The topological polar surface area (TPSA) is 35.5 Å². The van der Waals surface area contributed by atoms with Crippen molar-refractivity contribution in [2.45, 2.75) is 77.5 Å². The smallest absolute Gasteiger partial charge is 0.416 e. The Kier molecular flexibility index (Phi) is 10.8. The van der Waals surface area contributed by atoms with Gasteiger partial charge in [0.25, 0.3) is 0 Å². The zero-order valence-electron chi connectivity index (χ0n) is 19.1. The van der Waals surface area contributed by atoms with E-state index in [4.69, 9.17) is 9.47 Å². The Labute approximate surface area is 189 Å². The quantitative estimate of drug-likeness (QED) is 0.187. The third-order valence-corrected chi connectivity index (χ3v) is 5.54. The molecule has 1 fully saturated rings. The molecule has 0 unspecified atom stereocenters. The lowest BCUT2D eigenvalue weighted by molar-refractivity contribution is -0.147. The number of halogens is 3. The van der Waals surface area contributed by atoms with Crippen LogP contribution in [0.1, 0.15) is 70.8 Å². The lowest BCUT2D eigenvalue weighted by atomic mass is 9.92. The van der Waals surface area contributed by atoms with Gasteiger partial charge in [0.1, 0.15) is 5.75 Å². The molecular formula is C26H35F3O3. The number of ether oxygens (including phenoxy) is 2. The van der Waals surface area contributed by atoms with E-state index >= 15 is 0 Å². The van der Waals surface area contributed by atoms with Crippen LogP contribution in [0.15, 0.2) is 48.6 Å². The van der Waals surface area contributed by atoms with Crippen molar-refractivity contribution in [1.82, 2.24) is 0 Å². The van der Waals surface area contributed by atoms with Crippen LogP contribution in [-0.4, -0.2) is 18.7 Å². The van der Waals surface area contributed by atoms with Crippen LogP contribution in [0, 0.1) is 11.8 Å². The van der Waals surface area contributed by atoms with Crippen molar-refractivity contribution in [3.05, 3.63) is 54.1 Å². The van der Waals surface area contributed by atoms with Crippen LogP contribution in [0.3, 0.4) is 0 Å². The number of benzene rings is 1. The lowest BCUT2D eigenvalue weighted by Gasteiger charge is -2.14. The molecule has 0 radical (unpaired) electrons. The maximum atomic E-state index is 12.8. The number of allylic oxidation sites excluding steroid dienone is 3. The molecule has 2 atom stereocenters. The summed E-state index contributed by atoms with van der Waals surface area (Å²) < 4.78 is 48.9. The van der Waals surface area contributed by atoms with Gasteiger partial charge in [0.15, 0.2) is 0 Å². The van der Waals surface area contributed by atoms with Crippen molar-refractivity contribution < 1.29 is 27.4 Å². The average molecular weight is 453 g/mol. The number of hydrogen-bond acceptors (Lipinski definition) is 3. The Morgan fingerprint density at radius 2 is 1.97 bits per heavy atom. The molecule has 3 nitrogen and oxygen atoms in total. The van der Waals surface area contributed by atoms with Crippen molar-refractivity contribution >= 4 is 5.97 Å². The van der Waals surface area contributed by atoms with Gasteiger partial charge in [0, 0.05) is 6.42 Å². The molecule has 1 saturated carbocycles. The summed E-state index contributed by atoms with van der Waals surface area (Å²) in [6.07, 6.45) is 11.7. The highest BCUT2D eigenvalue weighted by Crippen LogP contribution is 2.35. The van der Waals surface area contributed by atoms with E-state index in [2.05, 4.69) is 24.3 Å². The van der Waals surface area contributed by atoms with E-state index in [0.717, 1.165) is 31.4 Å². The molecule has 6 heteroatoms. The van der Waals surface area contributed by atoms with Crippen LogP contribution in [0.2, 0.25) is 0 Å². The SMILES string of the molecule is CC(C)OC(=O)CCC/C=C\C[C@@H]1CCC[C@@H]1/C=C/CCOc1cccc(C(F)(F)F)c1. The van der Waals surface area contributed by atoms with Gasteiger partial charge in [0.05, 0.1) is 18.3 Å². The van der Waals surface area contributed by atoms with Gasteiger partial charge in [-0.15, -0.1) is 0 Å². The molecule has 1 aliphatic carbocycles. The van der Waals surface area contributed by atoms with Gasteiger partial charge in [-0.2, -0.15) is 13.2 Å². The Morgan fingerprint density at radius 1 is 1.16 bits per heavy atom. The van der Waals surface area contributed by atoms with E-state index in [-0.39, 0.29) is 17.8 Å². The Hall–Kier alpha value is -2.24. The molecule has 0 amide bonds. The van der Waals surface area contributed by atoms with Crippen LogP contribution in [0.4, 0.5) is 13.2 Å². The first-order valence-electron chi connectivity index (χ1n) is 11.6. The fourth-order valence-electron chi connectivity index (χ4n) is 3.96. The molecule has 0 aromatic heterocycles. The minimum atomic E-state index is -4.36. The largest absolute Gasteiger partial charge is 0.493 e. The summed E-state index contributed by atoms with van der Waals surface area (Å²) in [5.41, 5.74) is -0.692. The van der Waals surface area contributed by atoms with Gasteiger partial charge in [-0.3, -0.25) is 4.79 Å². The van der Waals surface area contributed by atoms with E-state index in [1.165, 1.54) is 25.3 Å². The molecule has 2 rings (SSSR count). The second kappa shape index (κ2) is 13.3. The van der Waals surface area contributed by atoms with Gasteiger partial charge >= 0.3 is 12.1 Å². The molecule has 1 aromatic carbocycles. The van der Waals surface area contributed by atoms with Crippen LogP contribution in [0.5, 0.6) is 5.75 Å². The van der Waals surface area contributed by atoms with Gasteiger partial charge < -0.3 is 9.47 Å². The van der Waals surface area contributed by atoms with E-state index in [1.54, 1.807) is 6.07 Å². The molecule has 1 aromatic rings. The van der Waals surface area contributed by atoms with Gasteiger partial charge in [-0.05, 0) is 82.4 Å². The van der Waals surface area contributed by atoms with Crippen LogP contribution >= 0.6 is 0 Å². The zero-order valence-corrected chi connectivity index (χ0v) is 19.1. The minimum absolute atomic E-state index is 0.0578. The molecule has 0 bridgehead atoms. The molecule has 0 heterocycles. The predicted molar refractivity (Wildman–Crippen MR) is 120 cm³/mol. The van der Waals surface area contributed by atoms with Crippen molar-refractivity contribution in [2.75, 3.05) is 6.61 Å². The second-order valence-electron chi connectivity index (χ2n) is 8.58. The number of carbonyl (C=O) groups excluding carboxylic acids is 1. The lowest BCUT2D eigenvalue weighted by Crippen LogP contribution is -2.10. The van der Waals surface area contributed by atoms with Crippen LogP contribution in [-0.2, 0) is 15.7 Å². The van der Waals surface area contributed by atoms with Crippen LogP contribution < -0.4 is 4.74 Å². The molecule has 32 heavy (non-hydrogen) atoms. The standard InChI is InChI=1S/C26H35F3O3/c1-20(2)32-25(30)17-6-4-3-5-11-21-13-9-14-22(21)12-7-8-18-31-24-16-10-15-23(19-24)26(27,28)29/h3,5,7,10,12,15-16,19-22H,4,6,8-9,11,13-14,17-18H2,1-2H3/b5-3-,12-7+/t21-,22+/m1/s1. The van der Waals surface area contributed by atoms with Crippen molar-refractivity contribution in [1.29, 1.82) is 0 Å². The van der Waals surface area contributed by atoms with Crippen LogP contribution in [0.25, 0.3) is 0 Å². The normalized spacial score (nSPS) is 19.3. The first-order valence-corrected chi connectivity index (χ1v) is 11.6. The van der Waals surface area contributed by atoms with Crippen molar-refractivity contribution in [3.8, 4) is 5.75 Å². The van der Waals surface area contributed by atoms with Gasteiger partial charge in [-0.25, -0.2) is 0 Å². The molecular weight excluding hydrogens is 417 g/mol. The van der Waals surface area contributed by atoms with E-state index in [0.29, 0.717) is 31.3 Å². The number of hydrogen-bond donors (Lipinski definition) is 0. The number of rotatable bonds is 12. The number of alkyl halides is 3. The first kappa shape index (κ1) is 26.0. The Balaban J connectivity index is 1.65. The Bertz CT molecular complexity index is 753. The summed E-state index contributed by atoms with van der Waals surface area (Å²) >= 11 is 0. The maximum Gasteiger partial charge on any atom is 0.416 e. The van der Waals surface area contributed by atoms with E-state index in [1.807, 2.05) is 13.8 Å². The fourth-order valence-corrected chi connectivity index (χ4v) is 3.96. The summed E-state index contributed by atoms with van der Waals surface area (Å²) in [4.78, 5) is 11.5. The summed E-state index contributed by atoms with van der Waals surface area (Å²) in [6.45, 7) is 4.07. The number of carbonyl (C=O) groups is 1. The summed E-state index contributed by atoms with van der Waals surface area (Å²) in [5, 5.41) is 0. The van der Waals surface area contributed by atoms with Gasteiger partial charge in [-0.1, -0.05) is 36.8 Å². The van der Waals surface area contributed by atoms with E-state index < -0.39 is 11.7 Å². The monoisotopic (exact) mass is 452 g/mol. The summed E-state index contributed by atoms with van der Waals surface area (Å²) in [6, 6.07) is 4.99. The van der Waals surface area contributed by atoms with Crippen molar-refractivity contribution in [2.24, 2.45) is 11.8 Å². The van der Waals surface area contributed by atoms with Crippen molar-refractivity contribution in [3.63, 3.8) is 0 Å². The molecule has 1 aliphatic rings. The summed E-state index contributed by atoms with van der Waals surface area (Å²) in [5.74, 6) is 1.27. The Morgan fingerprint density at radius 3 is 2.72 bits per heavy atom. The van der Waals surface area contributed by atoms with Gasteiger partial charge in [0.2, 0.25) is 0 Å². The average Bonchev–Trinajstić information content (AvgIpc) is 3.16. The molecule has 0 saturated heterocycles. The van der Waals surface area contributed by atoms with E-state index in [9.17, 15) is 18.0 Å². The molecule has 0 spiro atoms. The maximum absolute atomic E-state index is 12.8. The predicted octanol–water partition coefficient (Wildman–Crippen LogP) is 7.52. The highest BCUT2D eigenvalue weighted by Gasteiger charge is 2.30. The molecule has 0 aliphatic heterocycles. The minimum Gasteiger partial charge on any atom is -0.493 e. The third kappa shape index (κ3) is 9.92. The number of unbranched alkanes of at least 4 members (excludes halogenated alkanes) is 1. The fraction of sp³-hybridized carbons (Fsp3) is 0.577. The highest BCUT2D eigenvalue weighted by molar-refractivity contribution is 5.69.